The fraction of sp³-hybridized carbons (Fsp3) is 0.462. The zero-order valence-electron chi connectivity index (χ0n) is 9.76. The van der Waals surface area contributed by atoms with E-state index >= 15 is 0 Å². The molecular formula is C13H14ClF2NO. The molecule has 18 heavy (non-hydrogen) atoms. The van der Waals surface area contributed by atoms with Gasteiger partial charge >= 0.3 is 0 Å². The van der Waals surface area contributed by atoms with Gasteiger partial charge in [-0.1, -0.05) is 18.9 Å². The normalized spacial score (nSPS) is 17.7. The lowest BCUT2D eigenvalue weighted by molar-refractivity contribution is -0.121. The molecule has 1 aliphatic carbocycles. The van der Waals surface area contributed by atoms with Gasteiger partial charge in [0.2, 0.25) is 5.91 Å². The molecule has 1 atom stereocenters. The molecule has 0 spiro atoms. The average molecular weight is 274 g/mol. The van der Waals surface area contributed by atoms with Crippen LogP contribution in [0.5, 0.6) is 0 Å². The summed E-state index contributed by atoms with van der Waals surface area (Å²) >= 11 is 5.96. The molecule has 0 aromatic heterocycles. The molecule has 1 saturated carbocycles. The lowest BCUT2D eigenvalue weighted by Gasteiger charge is -2.15. The fourth-order valence-electron chi connectivity index (χ4n) is 2.17. The van der Waals surface area contributed by atoms with E-state index in [1.54, 1.807) is 0 Å². The first-order valence-corrected chi connectivity index (χ1v) is 6.41. The van der Waals surface area contributed by atoms with Crippen LogP contribution in [0.4, 0.5) is 8.78 Å². The summed E-state index contributed by atoms with van der Waals surface area (Å²) in [4.78, 5) is 11.8. The second kappa shape index (κ2) is 5.65. The largest absolute Gasteiger partial charge is 0.352 e. The predicted molar refractivity (Wildman–Crippen MR) is 65.4 cm³/mol. The molecule has 5 heteroatoms. The standard InChI is InChI=1S/C13H14ClF2NO/c14-12(8-5-6-10(15)11(16)7-8)13(18)17-9-3-1-2-4-9/h5-7,9,12H,1-4H2,(H,17,18). The molecule has 1 aromatic carbocycles. The molecule has 1 unspecified atom stereocenters. The van der Waals surface area contributed by atoms with Gasteiger partial charge in [0.1, 0.15) is 5.38 Å². The van der Waals surface area contributed by atoms with Gasteiger partial charge in [-0.2, -0.15) is 0 Å². The van der Waals surface area contributed by atoms with Crippen molar-refractivity contribution in [2.75, 3.05) is 0 Å². The van der Waals surface area contributed by atoms with Gasteiger partial charge < -0.3 is 5.32 Å². The number of hydrogen-bond donors (Lipinski definition) is 1. The number of hydrogen-bond acceptors (Lipinski definition) is 1. The first-order chi connectivity index (χ1) is 8.58. The summed E-state index contributed by atoms with van der Waals surface area (Å²) in [6, 6.07) is 3.41. The number of amides is 1. The molecular weight excluding hydrogens is 260 g/mol. The maximum Gasteiger partial charge on any atom is 0.242 e. The SMILES string of the molecule is O=C(NC1CCCC1)C(Cl)c1ccc(F)c(F)c1. The Kier molecular flexibility index (Phi) is 4.17. The number of halogens is 3. The molecule has 1 N–H and O–H groups in total. The topological polar surface area (TPSA) is 29.1 Å². The van der Waals surface area contributed by atoms with E-state index in [1.807, 2.05) is 0 Å². The van der Waals surface area contributed by atoms with Gasteiger partial charge in [-0.05, 0) is 30.5 Å². The molecule has 98 valence electrons. The van der Waals surface area contributed by atoms with Crippen molar-refractivity contribution < 1.29 is 13.6 Å². The van der Waals surface area contributed by atoms with Crippen LogP contribution in [0.1, 0.15) is 36.6 Å². The van der Waals surface area contributed by atoms with Crippen LogP contribution in [0.15, 0.2) is 18.2 Å². The van der Waals surface area contributed by atoms with Crippen molar-refractivity contribution in [3.63, 3.8) is 0 Å². The zero-order valence-corrected chi connectivity index (χ0v) is 10.5. The van der Waals surface area contributed by atoms with E-state index < -0.39 is 17.0 Å². The minimum atomic E-state index is -0.994. The van der Waals surface area contributed by atoms with E-state index in [0.717, 1.165) is 37.8 Å². The van der Waals surface area contributed by atoms with E-state index in [-0.39, 0.29) is 17.5 Å². The quantitative estimate of drug-likeness (QED) is 0.841. The third kappa shape index (κ3) is 2.99. The molecule has 0 saturated heterocycles. The van der Waals surface area contributed by atoms with Crippen molar-refractivity contribution in [1.82, 2.24) is 5.32 Å². The molecule has 2 nitrogen and oxygen atoms in total. The predicted octanol–water partition coefficient (Wildman–Crippen LogP) is 3.30. The Labute approximate surface area is 109 Å². The van der Waals surface area contributed by atoms with Crippen LogP contribution in [-0.4, -0.2) is 11.9 Å². The van der Waals surface area contributed by atoms with Crippen molar-refractivity contribution in [3.8, 4) is 0 Å². The summed E-state index contributed by atoms with van der Waals surface area (Å²) in [7, 11) is 0. The molecule has 0 radical (unpaired) electrons. The lowest BCUT2D eigenvalue weighted by atomic mass is 10.1. The maximum absolute atomic E-state index is 13.0. The molecule has 0 aliphatic heterocycles. The Morgan fingerprint density at radius 1 is 1.28 bits per heavy atom. The van der Waals surface area contributed by atoms with Crippen molar-refractivity contribution in [2.24, 2.45) is 0 Å². The summed E-state index contributed by atoms with van der Waals surface area (Å²) in [5.41, 5.74) is 0.270. The maximum atomic E-state index is 13.0. The Balaban J connectivity index is 2.02. The minimum absolute atomic E-state index is 0.157. The first-order valence-electron chi connectivity index (χ1n) is 5.97. The van der Waals surface area contributed by atoms with Crippen LogP contribution >= 0.6 is 11.6 Å². The third-order valence-electron chi connectivity index (χ3n) is 3.17. The second-order valence-electron chi connectivity index (χ2n) is 4.53. The van der Waals surface area contributed by atoms with Crippen LogP contribution in [-0.2, 0) is 4.79 Å². The van der Waals surface area contributed by atoms with Gasteiger partial charge in [0.05, 0.1) is 0 Å². The van der Waals surface area contributed by atoms with Crippen LogP contribution in [0, 0.1) is 11.6 Å². The van der Waals surface area contributed by atoms with Crippen molar-refractivity contribution in [1.29, 1.82) is 0 Å². The molecule has 1 aliphatic rings. The van der Waals surface area contributed by atoms with Crippen LogP contribution in [0.25, 0.3) is 0 Å². The summed E-state index contributed by atoms with van der Waals surface area (Å²) < 4.78 is 25.8. The Morgan fingerprint density at radius 3 is 2.56 bits per heavy atom. The summed E-state index contributed by atoms with van der Waals surface area (Å²) in [6.45, 7) is 0. The van der Waals surface area contributed by atoms with E-state index in [2.05, 4.69) is 5.32 Å². The van der Waals surface area contributed by atoms with Gasteiger partial charge in [-0.3, -0.25) is 4.79 Å². The van der Waals surface area contributed by atoms with Gasteiger partial charge in [0.25, 0.3) is 0 Å². The van der Waals surface area contributed by atoms with E-state index in [9.17, 15) is 13.6 Å². The third-order valence-corrected chi connectivity index (χ3v) is 3.62. The highest BCUT2D eigenvalue weighted by molar-refractivity contribution is 6.30. The number of alkyl halides is 1. The number of rotatable bonds is 3. The molecule has 0 heterocycles. The van der Waals surface area contributed by atoms with E-state index in [4.69, 9.17) is 11.6 Å². The van der Waals surface area contributed by atoms with Crippen LogP contribution < -0.4 is 5.32 Å². The lowest BCUT2D eigenvalue weighted by Crippen LogP contribution is -2.34. The van der Waals surface area contributed by atoms with Gasteiger partial charge in [0.15, 0.2) is 11.6 Å². The molecule has 1 aromatic rings. The number of benzene rings is 1. The molecule has 0 bridgehead atoms. The van der Waals surface area contributed by atoms with Gasteiger partial charge in [-0.25, -0.2) is 8.78 Å². The van der Waals surface area contributed by atoms with Crippen molar-refractivity contribution in [2.45, 2.75) is 37.1 Å². The highest BCUT2D eigenvalue weighted by Crippen LogP contribution is 2.24. The number of carbonyl (C=O) groups excluding carboxylic acids is 1. The molecule has 1 amide bonds. The van der Waals surface area contributed by atoms with Crippen molar-refractivity contribution >= 4 is 17.5 Å². The molecule has 1 fully saturated rings. The van der Waals surface area contributed by atoms with Gasteiger partial charge in [0, 0.05) is 6.04 Å². The number of carbonyl (C=O) groups is 1. The Bertz CT molecular complexity index is 447. The van der Waals surface area contributed by atoms with Gasteiger partial charge in [-0.15, -0.1) is 11.6 Å². The average Bonchev–Trinajstić information content (AvgIpc) is 2.84. The Hall–Kier alpha value is -1.16. The summed E-state index contributed by atoms with van der Waals surface area (Å²) in [5.74, 6) is -2.29. The minimum Gasteiger partial charge on any atom is -0.352 e. The number of nitrogens with one attached hydrogen (secondary N) is 1. The van der Waals surface area contributed by atoms with E-state index in [0.29, 0.717) is 0 Å². The molecule has 2 rings (SSSR count). The highest BCUT2D eigenvalue weighted by Gasteiger charge is 2.23. The second-order valence-corrected chi connectivity index (χ2v) is 4.96. The highest BCUT2D eigenvalue weighted by atomic mass is 35.5. The monoisotopic (exact) mass is 273 g/mol. The fourth-order valence-corrected chi connectivity index (χ4v) is 2.36. The smallest absolute Gasteiger partial charge is 0.242 e. The summed E-state index contributed by atoms with van der Waals surface area (Å²) in [6.07, 6.45) is 4.10. The van der Waals surface area contributed by atoms with Crippen LogP contribution in [0.3, 0.4) is 0 Å². The van der Waals surface area contributed by atoms with E-state index in [1.165, 1.54) is 6.07 Å². The first kappa shape index (κ1) is 13.3. The Morgan fingerprint density at radius 2 is 1.94 bits per heavy atom. The zero-order chi connectivity index (χ0) is 13.1. The van der Waals surface area contributed by atoms with Crippen LogP contribution in [0.2, 0.25) is 0 Å². The van der Waals surface area contributed by atoms with Crippen molar-refractivity contribution in [3.05, 3.63) is 35.4 Å². The summed E-state index contributed by atoms with van der Waals surface area (Å²) in [5, 5.41) is 1.84.